The van der Waals surface area contributed by atoms with Crippen LogP contribution >= 0.6 is 23.2 Å². The molecule has 0 aromatic heterocycles. The predicted molar refractivity (Wildman–Crippen MR) is 76.5 cm³/mol. The van der Waals surface area contributed by atoms with E-state index in [4.69, 9.17) is 23.2 Å². The smallest absolute Gasteiger partial charge is 0.0594 e. The normalized spacial score (nSPS) is 18.4. The van der Waals surface area contributed by atoms with Gasteiger partial charge in [0, 0.05) is 16.6 Å². The molecule has 0 bridgehead atoms. The van der Waals surface area contributed by atoms with Crippen LogP contribution in [0.1, 0.15) is 22.7 Å². The molecule has 0 aliphatic carbocycles. The first-order chi connectivity index (χ1) is 8.75. The van der Waals surface area contributed by atoms with Gasteiger partial charge in [0.1, 0.15) is 0 Å². The number of rotatable bonds is 1. The fourth-order valence-electron chi connectivity index (χ4n) is 2.52. The standard InChI is InChI=1S/C15H13Cl2N/c16-11-5-6-13(14(17)9-11)15-12-4-2-1-3-10(12)7-8-18-15/h1-6,9,15,18H,7-8H2. The Morgan fingerprint density at radius 2 is 1.83 bits per heavy atom. The van der Waals surface area contributed by atoms with Gasteiger partial charge in [0.25, 0.3) is 0 Å². The van der Waals surface area contributed by atoms with Gasteiger partial charge in [-0.2, -0.15) is 0 Å². The van der Waals surface area contributed by atoms with Gasteiger partial charge in [-0.15, -0.1) is 0 Å². The average molecular weight is 278 g/mol. The lowest BCUT2D eigenvalue weighted by Gasteiger charge is -2.28. The van der Waals surface area contributed by atoms with E-state index in [1.54, 1.807) is 6.07 Å². The molecule has 0 saturated heterocycles. The fraction of sp³-hybridized carbons (Fsp3) is 0.200. The van der Waals surface area contributed by atoms with Crippen LogP contribution in [0.4, 0.5) is 0 Å². The van der Waals surface area contributed by atoms with Crippen molar-refractivity contribution in [1.82, 2.24) is 5.32 Å². The van der Waals surface area contributed by atoms with Gasteiger partial charge in [0.2, 0.25) is 0 Å². The molecule has 3 heteroatoms. The minimum atomic E-state index is 0.166. The highest BCUT2D eigenvalue weighted by molar-refractivity contribution is 6.35. The summed E-state index contributed by atoms with van der Waals surface area (Å²) in [5.41, 5.74) is 3.80. The molecule has 92 valence electrons. The lowest BCUT2D eigenvalue weighted by atomic mass is 9.90. The van der Waals surface area contributed by atoms with Crippen LogP contribution in [0.5, 0.6) is 0 Å². The van der Waals surface area contributed by atoms with Crippen LogP contribution < -0.4 is 5.32 Å². The summed E-state index contributed by atoms with van der Waals surface area (Å²) in [7, 11) is 0. The lowest BCUT2D eigenvalue weighted by molar-refractivity contribution is 0.568. The van der Waals surface area contributed by atoms with Crippen LogP contribution in [0.3, 0.4) is 0 Å². The third kappa shape index (κ3) is 2.14. The molecular weight excluding hydrogens is 265 g/mol. The average Bonchev–Trinajstić information content (AvgIpc) is 2.38. The Labute approximate surface area is 117 Å². The van der Waals surface area contributed by atoms with E-state index < -0.39 is 0 Å². The summed E-state index contributed by atoms with van der Waals surface area (Å²) in [6, 6.07) is 14.4. The van der Waals surface area contributed by atoms with E-state index in [0.29, 0.717) is 5.02 Å². The summed E-state index contributed by atoms with van der Waals surface area (Å²) >= 11 is 12.3. The Balaban J connectivity index is 2.08. The summed E-state index contributed by atoms with van der Waals surface area (Å²) in [5, 5.41) is 4.92. The Hall–Kier alpha value is -1.02. The van der Waals surface area contributed by atoms with E-state index in [9.17, 15) is 0 Å². The molecule has 1 unspecified atom stereocenters. The van der Waals surface area contributed by atoms with Crippen molar-refractivity contribution >= 4 is 23.2 Å². The van der Waals surface area contributed by atoms with Gasteiger partial charge in [0.15, 0.2) is 0 Å². The van der Waals surface area contributed by atoms with Gasteiger partial charge in [0.05, 0.1) is 6.04 Å². The molecule has 0 saturated carbocycles. The number of fused-ring (bicyclic) bond motifs is 1. The van der Waals surface area contributed by atoms with Crippen molar-refractivity contribution in [2.75, 3.05) is 6.54 Å². The van der Waals surface area contributed by atoms with Crippen molar-refractivity contribution in [3.63, 3.8) is 0 Å². The highest BCUT2D eigenvalue weighted by Crippen LogP contribution is 2.33. The first-order valence-corrected chi connectivity index (χ1v) is 6.77. The minimum absolute atomic E-state index is 0.166. The molecule has 2 aromatic carbocycles. The van der Waals surface area contributed by atoms with Crippen molar-refractivity contribution in [3.05, 3.63) is 69.2 Å². The summed E-state index contributed by atoms with van der Waals surface area (Å²) in [6.45, 7) is 0.973. The molecule has 1 aliphatic heterocycles. The second-order valence-electron chi connectivity index (χ2n) is 4.50. The summed E-state index contributed by atoms with van der Waals surface area (Å²) in [5.74, 6) is 0. The first kappa shape index (κ1) is 12.0. The van der Waals surface area contributed by atoms with E-state index in [1.165, 1.54) is 11.1 Å². The predicted octanol–water partition coefficient (Wildman–Crippen LogP) is 4.23. The molecule has 1 N–H and O–H groups in total. The summed E-state index contributed by atoms with van der Waals surface area (Å²) in [6.07, 6.45) is 1.07. The molecule has 0 fully saturated rings. The molecule has 1 atom stereocenters. The SMILES string of the molecule is Clc1ccc(C2NCCc3ccccc32)c(Cl)c1. The zero-order valence-electron chi connectivity index (χ0n) is 9.79. The fourth-order valence-corrected chi connectivity index (χ4v) is 3.04. The number of nitrogens with one attached hydrogen (secondary N) is 1. The zero-order chi connectivity index (χ0) is 12.5. The van der Waals surface area contributed by atoms with Crippen molar-refractivity contribution in [3.8, 4) is 0 Å². The highest BCUT2D eigenvalue weighted by Gasteiger charge is 2.22. The molecule has 0 radical (unpaired) electrons. The second-order valence-corrected chi connectivity index (χ2v) is 5.35. The maximum atomic E-state index is 6.30. The number of benzene rings is 2. The van der Waals surface area contributed by atoms with Gasteiger partial charge in [-0.05, 0) is 35.2 Å². The minimum Gasteiger partial charge on any atom is -0.306 e. The summed E-state index contributed by atoms with van der Waals surface area (Å²) in [4.78, 5) is 0. The molecule has 0 amide bonds. The van der Waals surface area contributed by atoms with E-state index in [2.05, 4.69) is 29.6 Å². The maximum Gasteiger partial charge on any atom is 0.0594 e. The molecule has 2 aromatic rings. The Kier molecular flexibility index (Phi) is 3.29. The molecule has 1 heterocycles. The molecule has 1 aliphatic rings. The van der Waals surface area contributed by atoms with Gasteiger partial charge < -0.3 is 5.32 Å². The van der Waals surface area contributed by atoms with Crippen molar-refractivity contribution in [1.29, 1.82) is 0 Å². The third-order valence-electron chi connectivity index (χ3n) is 3.38. The highest BCUT2D eigenvalue weighted by atomic mass is 35.5. The van der Waals surface area contributed by atoms with Crippen molar-refractivity contribution < 1.29 is 0 Å². The number of hydrogen-bond acceptors (Lipinski definition) is 1. The Bertz CT molecular complexity index is 580. The van der Waals surface area contributed by atoms with Crippen molar-refractivity contribution in [2.45, 2.75) is 12.5 Å². The zero-order valence-corrected chi connectivity index (χ0v) is 11.3. The quantitative estimate of drug-likeness (QED) is 0.823. The topological polar surface area (TPSA) is 12.0 Å². The summed E-state index contributed by atoms with van der Waals surface area (Å²) < 4.78 is 0. The van der Waals surface area contributed by atoms with Crippen LogP contribution in [-0.2, 0) is 6.42 Å². The van der Waals surface area contributed by atoms with Gasteiger partial charge in [-0.25, -0.2) is 0 Å². The first-order valence-electron chi connectivity index (χ1n) is 6.02. The van der Waals surface area contributed by atoms with Gasteiger partial charge in [-0.3, -0.25) is 0 Å². The maximum absolute atomic E-state index is 6.30. The van der Waals surface area contributed by atoms with Crippen LogP contribution in [0, 0.1) is 0 Å². The molecule has 1 nitrogen and oxygen atoms in total. The Morgan fingerprint density at radius 1 is 1.00 bits per heavy atom. The molecular formula is C15H13Cl2N. The number of hydrogen-bond donors (Lipinski definition) is 1. The second kappa shape index (κ2) is 4.93. The van der Waals surface area contributed by atoms with Gasteiger partial charge in [-0.1, -0.05) is 53.5 Å². The van der Waals surface area contributed by atoms with E-state index in [-0.39, 0.29) is 6.04 Å². The van der Waals surface area contributed by atoms with E-state index in [1.807, 2.05) is 12.1 Å². The van der Waals surface area contributed by atoms with E-state index in [0.717, 1.165) is 23.6 Å². The molecule has 0 spiro atoms. The van der Waals surface area contributed by atoms with Crippen LogP contribution in [0.15, 0.2) is 42.5 Å². The largest absolute Gasteiger partial charge is 0.306 e. The Morgan fingerprint density at radius 3 is 2.67 bits per heavy atom. The number of halogens is 2. The lowest BCUT2D eigenvalue weighted by Crippen LogP contribution is -2.30. The van der Waals surface area contributed by atoms with Crippen LogP contribution in [0.25, 0.3) is 0 Å². The van der Waals surface area contributed by atoms with Crippen molar-refractivity contribution in [2.24, 2.45) is 0 Å². The monoisotopic (exact) mass is 277 g/mol. The van der Waals surface area contributed by atoms with Crippen LogP contribution in [-0.4, -0.2) is 6.54 Å². The molecule has 3 rings (SSSR count). The third-order valence-corrected chi connectivity index (χ3v) is 3.94. The molecule has 18 heavy (non-hydrogen) atoms. The van der Waals surface area contributed by atoms with E-state index >= 15 is 0 Å². The van der Waals surface area contributed by atoms with Gasteiger partial charge >= 0.3 is 0 Å². The van der Waals surface area contributed by atoms with Crippen LogP contribution in [0.2, 0.25) is 10.0 Å².